The number of rotatable bonds is 9. The van der Waals surface area contributed by atoms with Gasteiger partial charge in [-0.15, -0.1) is 10.2 Å². The van der Waals surface area contributed by atoms with Gasteiger partial charge in [0.25, 0.3) is 0 Å². The van der Waals surface area contributed by atoms with E-state index in [0.29, 0.717) is 31.7 Å². The number of nitrogens with zero attached hydrogens (tertiary/aromatic N) is 3. The molecule has 2 aromatic rings. The molecule has 0 spiro atoms. The van der Waals surface area contributed by atoms with E-state index in [0.717, 1.165) is 23.6 Å². The zero-order chi connectivity index (χ0) is 21.9. The fourth-order valence-electron chi connectivity index (χ4n) is 3.70. The Morgan fingerprint density at radius 1 is 1.30 bits per heavy atom. The maximum Gasteiger partial charge on any atom is 0.416 e. The van der Waals surface area contributed by atoms with Crippen molar-refractivity contribution in [3.63, 3.8) is 0 Å². The predicted molar refractivity (Wildman–Crippen MR) is 110 cm³/mol. The van der Waals surface area contributed by atoms with Crippen LogP contribution < -0.4 is 5.32 Å². The maximum atomic E-state index is 13.2. The van der Waals surface area contributed by atoms with Crippen LogP contribution in [0.1, 0.15) is 49.6 Å². The molecule has 1 fully saturated rings. The Morgan fingerprint density at radius 2 is 2.03 bits per heavy atom. The van der Waals surface area contributed by atoms with E-state index in [1.807, 2.05) is 6.26 Å². The van der Waals surface area contributed by atoms with Crippen LogP contribution in [0.5, 0.6) is 0 Å². The third-order valence-corrected chi connectivity index (χ3v) is 5.86. The summed E-state index contributed by atoms with van der Waals surface area (Å²) in [5, 5.41) is 12.2. The van der Waals surface area contributed by atoms with Crippen LogP contribution in [0.3, 0.4) is 0 Å². The first kappa shape index (κ1) is 22.7. The molecule has 2 atom stereocenters. The lowest BCUT2D eigenvalue weighted by molar-refractivity contribution is -0.138. The highest BCUT2D eigenvalue weighted by molar-refractivity contribution is 7.98. The molecule has 1 amide bonds. The molecule has 1 aliphatic carbocycles. The highest BCUT2D eigenvalue weighted by Crippen LogP contribution is 2.51. The lowest BCUT2D eigenvalue weighted by Crippen LogP contribution is -2.27. The van der Waals surface area contributed by atoms with Crippen molar-refractivity contribution in [1.82, 2.24) is 20.1 Å². The molecule has 0 aliphatic heterocycles. The van der Waals surface area contributed by atoms with Gasteiger partial charge in [-0.3, -0.25) is 4.79 Å². The number of hydrogen-bond acceptors (Lipinski definition) is 4. The second-order valence-corrected chi connectivity index (χ2v) is 8.81. The third-order valence-electron chi connectivity index (χ3n) is 5.19. The quantitative estimate of drug-likeness (QED) is 0.460. The lowest BCUT2D eigenvalue weighted by Gasteiger charge is -2.13. The predicted octanol–water partition coefficient (Wildman–Crippen LogP) is 4.53. The molecule has 1 aromatic heterocycles. The second kappa shape index (κ2) is 9.41. The van der Waals surface area contributed by atoms with E-state index < -0.39 is 11.7 Å². The molecular weight excluding hydrogens is 413 g/mol. The summed E-state index contributed by atoms with van der Waals surface area (Å²) in [5.74, 6) is 0.440. The van der Waals surface area contributed by atoms with Crippen LogP contribution in [0.4, 0.5) is 13.2 Å². The number of halogens is 3. The van der Waals surface area contributed by atoms with Gasteiger partial charge in [-0.2, -0.15) is 13.2 Å². The molecule has 1 saturated carbocycles. The Hall–Kier alpha value is -2.03. The number of nitrogens with one attached hydrogen (secondary N) is 1. The number of aryl methyl sites for hydroxylation is 1. The smallest absolute Gasteiger partial charge is 0.356 e. The first-order valence-corrected chi connectivity index (χ1v) is 11.3. The zero-order valence-corrected chi connectivity index (χ0v) is 18.2. The van der Waals surface area contributed by atoms with E-state index in [1.54, 1.807) is 17.8 Å². The largest absolute Gasteiger partial charge is 0.416 e. The lowest BCUT2D eigenvalue weighted by atomic mass is 10.0. The topological polar surface area (TPSA) is 59.8 Å². The van der Waals surface area contributed by atoms with Crippen LogP contribution in [0.2, 0.25) is 0 Å². The van der Waals surface area contributed by atoms with Gasteiger partial charge >= 0.3 is 6.18 Å². The SMILES string of the molecule is CSc1nnc(CCCNC(=O)C2CC2c2ccccc2C(F)(F)F)n1CC(C)C. The fraction of sp³-hybridized carbons (Fsp3) is 0.571. The van der Waals surface area contributed by atoms with Crippen LogP contribution in [0.15, 0.2) is 29.4 Å². The minimum absolute atomic E-state index is 0.176. The van der Waals surface area contributed by atoms with Crippen molar-refractivity contribution in [2.75, 3.05) is 12.8 Å². The van der Waals surface area contributed by atoms with E-state index in [1.165, 1.54) is 12.1 Å². The molecule has 0 radical (unpaired) electrons. The fourth-order valence-corrected chi connectivity index (χ4v) is 4.22. The summed E-state index contributed by atoms with van der Waals surface area (Å²) in [5.41, 5.74) is -0.420. The summed E-state index contributed by atoms with van der Waals surface area (Å²) in [6, 6.07) is 5.53. The first-order valence-electron chi connectivity index (χ1n) is 10.1. The zero-order valence-electron chi connectivity index (χ0n) is 17.4. The average molecular weight is 441 g/mol. The Balaban J connectivity index is 1.50. The van der Waals surface area contributed by atoms with Crippen LogP contribution >= 0.6 is 11.8 Å². The normalized spacial score (nSPS) is 18.6. The van der Waals surface area contributed by atoms with Gasteiger partial charge < -0.3 is 9.88 Å². The van der Waals surface area contributed by atoms with Gasteiger partial charge in [0, 0.05) is 25.4 Å². The van der Waals surface area contributed by atoms with Crippen LogP contribution in [-0.4, -0.2) is 33.5 Å². The molecule has 1 aliphatic rings. The first-order chi connectivity index (χ1) is 14.2. The monoisotopic (exact) mass is 440 g/mol. The van der Waals surface area contributed by atoms with Crippen LogP contribution in [-0.2, 0) is 23.9 Å². The van der Waals surface area contributed by atoms with E-state index in [4.69, 9.17) is 0 Å². The number of thioether (sulfide) groups is 1. The van der Waals surface area contributed by atoms with Crippen molar-refractivity contribution in [2.24, 2.45) is 11.8 Å². The van der Waals surface area contributed by atoms with Gasteiger partial charge in [0.05, 0.1) is 5.56 Å². The Bertz CT molecular complexity index is 881. The number of aromatic nitrogens is 3. The van der Waals surface area contributed by atoms with E-state index in [2.05, 4.69) is 33.9 Å². The van der Waals surface area contributed by atoms with E-state index >= 15 is 0 Å². The van der Waals surface area contributed by atoms with Crippen molar-refractivity contribution in [2.45, 2.75) is 56.9 Å². The molecule has 2 unspecified atom stereocenters. The number of benzene rings is 1. The van der Waals surface area contributed by atoms with Gasteiger partial charge in [-0.25, -0.2) is 0 Å². The number of hydrogen-bond donors (Lipinski definition) is 1. The van der Waals surface area contributed by atoms with Crippen molar-refractivity contribution in [3.8, 4) is 0 Å². The highest BCUT2D eigenvalue weighted by atomic mass is 32.2. The molecule has 1 heterocycles. The minimum Gasteiger partial charge on any atom is -0.356 e. The maximum absolute atomic E-state index is 13.2. The molecule has 30 heavy (non-hydrogen) atoms. The molecule has 5 nitrogen and oxygen atoms in total. The van der Waals surface area contributed by atoms with E-state index in [9.17, 15) is 18.0 Å². The molecule has 0 bridgehead atoms. The summed E-state index contributed by atoms with van der Waals surface area (Å²) in [6.07, 6.45) is -0.591. The Kier molecular flexibility index (Phi) is 7.10. The number of carbonyl (C=O) groups is 1. The van der Waals surface area contributed by atoms with Crippen molar-refractivity contribution in [3.05, 3.63) is 41.2 Å². The summed E-state index contributed by atoms with van der Waals surface area (Å²) in [7, 11) is 0. The average Bonchev–Trinajstić information content (AvgIpc) is 3.40. The molecule has 164 valence electrons. The molecule has 9 heteroatoms. The van der Waals surface area contributed by atoms with Crippen molar-refractivity contribution < 1.29 is 18.0 Å². The van der Waals surface area contributed by atoms with Gasteiger partial charge in [-0.05, 0) is 42.6 Å². The van der Waals surface area contributed by atoms with Gasteiger partial charge in [-0.1, -0.05) is 43.8 Å². The second-order valence-electron chi connectivity index (χ2n) is 8.04. The van der Waals surface area contributed by atoms with Crippen LogP contribution in [0.25, 0.3) is 0 Å². The highest BCUT2D eigenvalue weighted by Gasteiger charge is 2.47. The van der Waals surface area contributed by atoms with E-state index in [-0.39, 0.29) is 23.3 Å². The minimum atomic E-state index is -4.40. The number of alkyl halides is 3. The Morgan fingerprint density at radius 3 is 2.70 bits per heavy atom. The van der Waals surface area contributed by atoms with Gasteiger partial charge in [0.15, 0.2) is 5.16 Å². The molecular formula is C21H27F3N4OS. The van der Waals surface area contributed by atoms with Gasteiger partial charge in [0.2, 0.25) is 5.91 Å². The number of amides is 1. The Labute approximate surface area is 178 Å². The molecule has 0 saturated heterocycles. The van der Waals surface area contributed by atoms with Gasteiger partial charge in [0.1, 0.15) is 5.82 Å². The third kappa shape index (κ3) is 5.36. The summed E-state index contributed by atoms with van der Waals surface area (Å²) in [4.78, 5) is 12.4. The summed E-state index contributed by atoms with van der Waals surface area (Å²) < 4.78 is 41.7. The van der Waals surface area contributed by atoms with Crippen molar-refractivity contribution >= 4 is 17.7 Å². The standard InChI is InChI=1S/C21H27F3N4OS/c1-13(2)12-28-18(26-27-20(28)30-3)9-6-10-25-19(29)16-11-15(16)14-7-4-5-8-17(14)21(22,23)24/h4-5,7-8,13,15-16H,6,9-12H2,1-3H3,(H,25,29). The number of carbonyl (C=O) groups excluding carboxylic acids is 1. The van der Waals surface area contributed by atoms with Crippen molar-refractivity contribution in [1.29, 1.82) is 0 Å². The molecule has 3 rings (SSSR count). The van der Waals surface area contributed by atoms with Crippen LogP contribution in [0, 0.1) is 11.8 Å². The molecule has 1 aromatic carbocycles. The molecule has 1 N–H and O–H groups in total. The summed E-state index contributed by atoms with van der Waals surface area (Å²) in [6.45, 7) is 5.58. The summed E-state index contributed by atoms with van der Waals surface area (Å²) >= 11 is 1.55.